The molecule has 1 fully saturated rings. The van der Waals surface area contributed by atoms with Crippen LogP contribution in [0.4, 0.5) is 0 Å². The van der Waals surface area contributed by atoms with Crippen molar-refractivity contribution in [3.63, 3.8) is 0 Å². The maximum Gasteiger partial charge on any atom is 0.270 e. The highest BCUT2D eigenvalue weighted by molar-refractivity contribution is 5.93. The summed E-state index contributed by atoms with van der Waals surface area (Å²) in [4.78, 5) is 32.1. The summed E-state index contributed by atoms with van der Waals surface area (Å²) in [7, 11) is 0. The Balaban J connectivity index is 1.49. The summed E-state index contributed by atoms with van der Waals surface area (Å²) in [6.07, 6.45) is 6.87. The molecule has 0 bridgehead atoms. The summed E-state index contributed by atoms with van der Waals surface area (Å²) >= 11 is 0. The number of likely N-dealkylation sites (tertiary alicyclic amines) is 1. The third-order valence-electron chi connectivity index (χ3n) is 5.50. The number of hydrogen-bond acceptors (Lipinski definition) is 4. The Labute approximate surface area is 170 Å². The molecule has 0 spiro atoms. The Morgan fingerprint density at radius 2 is 1.83 bits per heavy atom. The van der Waals surface area contributed by atoms with Crippen LogP contribution in [-0.4, -0.2) is 33.3 Å². The van der Waals surface area contributed by atoms with Crippen molar-refractivity contribution >= 4 is 11.6 Å². The fourth-order valence-electron chi connectivity index (χ4n) is 3.85. The van der Waals surface area contributed by atoms with Gasteiger partial charge in [0, 0.05) is 25.5 Å². The molecule has 6 heteroatoms. The summed E-state index contributed by atoms with van der Waals surface area (Å²) in [5.74, 6) is -0.397. The summed E-state index contributed by atoms with van der Waals surface area (Å²) in [5.41, 5.74) is 3.48. The Morgan fingerprint density at radius 3 is 2.62 bits per heavy atom. The van der Waals surface area contributed by atoms with Crippen LogP contribution < -0.4 is 10.9 Å². The minimum atomic E-state index is -0.397. The van der Waals surface area contributed by atoms with Crippen molar-refractivity contribution in [1.29, 1.82) is 0 Å². The molecule has 150 valence electrons. The Hall–Kier alpha value is -2.99. The van der Waals surface area contributed by atoms with Crippen LogP contribution >= 0.6 is 0 Å². The lowest BCUT2D eigenvalue weighted by molar-refractivity contribution is 0.0948. The number of nitrogens with one attached hydrogen (secondary N) is 1. The van der Waals surface area contributed by atoms with Gasteiger partial charge in [-0.3, -0.25) is 18.9 Å². The maximum absolute atomic E-state index is 12.7. The molecule has 0 aliphatic carbocycles. The van der Waals surface area contributed by atoms with Crippen LogP contribution in [0.5, 0.6) is 0 Å². The van der Waals surface area contributed by atoms with Crippen LogP contribution in [0, 0.1) is 6.92 Å². The SMILES string of the molecule is Cc1ccc2ncc(C(=O)NCc3ccccc3CN3CCCCC3)c(=O)n2c1. The first kappa shape index (κ1) is 19.3. The lowest BCUT2D eigenvalue weighted by atomic mass is 10.0. The van der Waals surface area contributed by atoms with Crippen molar-refractivity contribution in [2.45, 2.75) is 39.3 Å². The molecular weight excluding hydrogens is 364 g/mol. The first-order valence-corrected chi connectivity index (χ1v) is 10.2. The lowest BCUT2D eigenvalue weighted by Crippen LogP contribution is -2.32. The first-order chi connectivity index (χ1) is 14.1. The highest BCUT2D eigenvalue weighted by Crippen LogP contribution is 2.16. The maximum atomic E-state index is 12.7. The number of amides is 1. The third-order valence-corrected chi connectivity index (χ3v) is 5.50. The van der Waals surface area contributed by atoms with E-state index in [0.717, 1.165) is 30.8 Å². The van der Waals surface area contributed by atoms with E-state index in [0.29, 0.717) is 12.2 Å². The van der Waals surface area contributed by atoms with E-state index in [2.05, 4.69) is 21.3 Å². The second-order valence-electron chi connectivity index (χ2n) is 7.70. The van der Waals surface area contributed by atoms with Gasteiger partial charge in [0.2, 0.25) is 0 Å². The van der Waals surface area contributed by atoms with Crippen LogP contribution in [0.2, 0.25) is 0 Å². The van der Waals surface area contributed by atoms with E-state index in [-0.39, 0.29) is 11.1 Å². The van der Waals surface area contributed by atoms with Crippen molar-refractivity contribution in [2.75, 3.05) is 13.1 Å². The molecular formula is C23H26N4O2. The zero-order valence-corrected chi connectivity index (χ0v) is 16.7. The summed E-state index contributed by atoms with van der Waals surface area (Å²) < 4.78 is 1.43. The standard InChI is InChI=1S/C23H26N4O2/c1-17-9-10-21-24-14-20(23(29)27(21)15-17)22(28)25-13-18-7-3-4-8-19(18)16-26-11-5-2-6-12-26/h3-4,7-10,14-15H,2,5-6,11-13,16H2,1H3,(H,25,28). The molecule has 1 saturated heterocycles. The second kappa shape index (κ2) is 8.57. The Bertz CT molecular complexity index is 1080. The smallest absolute Gasteiger partial charge is 0.270 e. The molecule has 29 heavy (non-hydrogen) atoms. The van der Waals surface area contributed by atoms with Crippen LogP contribution in [0.15, 0.2) is 53.6 Å². The molecule has 1 amide bonds. The number of aromatic nitrogens is 2. The first-order valence-electron chi connectivity index (χ1n) is 10.2. The fraction of sp³-hybridized carbons (Fsp3) is 0.348. The summed E-state index contributed by atoms with van der Waals surface area (Å²) in [6.45, 7) is 5.43. The normalized spacial score (nSPS) is 14.8. The van der Waals surface area contributed by atoms with Crippen LogP contribution in [0.1, 0.15) is 46.3 Å². The molecule has 0 radical (unpaired) electrons. The third kappa shape index (κ3) is 4.38. The van der Waals surface area contributed by atoms with Crippen molar-refractivity contribution in [2.24, 2.45) is 0 Å². The monoisotopic (exact) mass is 390 g/mol. The number of carbonyl (C=O) groups is 1. The zero-order chi connectivity index (χ0) is 20.2. The van der Waals surface area contributed by atoms with Gasteiger partial charge in [-0.25, -0.2) is 4.98 Å². The molecule has 1 aliphatic rings. The summed E-state index contributed by atoms with van der Waals surface area (Å²) in [6, 6.07) is 11.8. The van der Waals surface area contributed by atoms with E-state index in [1.165, 1.54) is 35.4 Å². The van der Waals surface area contributed by atoms with Crippen LogP contribution in [0.25, 0.3) is 5.65 Å². The fourth-order valence-corrected chi connectivity index (χ4v) is 3.85. The van der Waals surface area contributed by atoms with E-state index in [9.17, 15) is 9.59 Å². The minimum absolute atomic E-state index is 0.0570. The number of carbonyl (C=O) groups excluding carboxylic acids is 1. The zero-order valence-electron chi connectivity index (χ0n) is 16.7. The van der Waals surface area contributed by atoms with Gasteiger partial charge in [-0.2, -0.15) is 0 Å². The van der Waals surface area contributed by atoms with Gasteiger partial charge in [0.25, 0.3) is 11.5 Å². The van der Waals surface area contributed by atoms with Gasteiger partial charge in [-0.1, -0.05) is 36.8 Å². The number of rotatable bonds is 5. The quantitative estimate of drug-likeness (QED) is 0.727. The molecule has 0 saturated carbocycles. The van der Waals surface area contributed by atoms with Gasteiger partial charge in [0.05, 0.1) is 0 Å². The molecule has 0 atom stereocenters. The number of pyridine rings is 1. The molecule has 1 aromatic carbocycles. The van der Waals surface area contributed by atoms with Crippen molar-refractivity contribution in [3.05, 3.63) is 81.4 Å². The molecule has 2 aromatic heterocycles. The molecule has 3 aromatic rings. The van der Waals surface area contributed by atoms with Crippen molar-refractivity contribution in [3.8, 4) is 0 Å². The van der Waals surface area contributed by atoms with Crippen LogP contribution in [-0.2, 0) is 13.1 Å². The molecule has 1 N–H and O–H groups in total. The summed E-state index contributed by atoms with van der Waals surface area (Å²) in [5, 5.41) is 2.90. The van der Waals surface area contributed by atoms with E-state index < -0.39 is 5.91 Å². The van der Waals surface area contributed by atoms with Gasteiger partial charge in [-0.05, 0) is 55.6 Å². The predicted octanol–water partition coefficient (Wildman–Crippen LogP) is 2.92. The van der Waals surface area contributed by atoms with E-state index >= 15 is 0 Å². The number of aryl methyl sites for hydroxylation is 1. The van der Waals surface area contributed by atoms with E-state index in [4.69, 9.17) is 0 Å². The second-order valence-corrected chi connectivity index (χ2v) is 7.70. The molecule has 6 nitrogen and oxygen atoms in total. The highest BCUT2D eigenvalue weighted by Gasteiger charge is 2.15. The average molecular weight is 390 g/mol. The topological polar surface area (TPSA) is 66.7 Å². The van der Waals surface area contributed by atoms with Crippen molar-refractivity contribution in [1.82, 2.24) is 19.6 Å². The highest BCUT2D eigenvalue weighted by atomic mass is 16.2. The van der Waals surface area contributed by atoms with E-state index in [1.807, 2.05) is 31.2 Å². The number of benzene rings is 1. The molecule has 0 unspecified atom stereocenters. The Kier molecular flexibility index (Phi) is 5.71. The van der Waals surface area contributed by atoms with Crippen molar-refractivity contribution < 1.29 is 4.79 Å². The van der Waals surface area contributed by atoms with Gasteiger partial charge in [-0.15, -0.1) is 0 Å². The van der Waals surface area contributed by atoms with Gasteiger partial charge in [0.15, 0.2) is 0 Å². The Morgan fingerprint density at radius 1 is 1.07 bits per heavy atom. The van der Waals surface area contributed by atoms with Crippen LogP contribution in [0.3, 0.4) is 0 Å². The van der Waals surface area contributed by atoms with Gasteiger partial charge < -0.3 is 5.32 Å². The number of fused-ring (bicyclic) bond motifs is 1. The van der Waals surface area contributed by atoms with E-state index in [1.54, 1.807) is 12.3 Å². The average Bonchev–Trinajstić information content (AvgIpc) is 2.74. The molecule has 1 aliphatic heterocycles. The predicted molar refractivity (Wildman–Crippen MR) is 113 cm³/mol. The number of piperidine rings is 1. The minimum Gasteiger partial charge on any atom is -0.348 e. The number of hydrogen-bond donors (Lipinski definition) is 1. The molecule has 4 rings (SSSR count). The van der Waals surface area contributed by atoms with Gasteiger partial charge in [0.1, 0.15) is 11.2 Å². The van der Waals surface area contributed by atoms with Gasteiger partial charge >= 0.3 is 0 Å². The largest absolute Gasteiger partial charge is 0.348 e. The number of nitrogens with zero attached hydrogens (tertiary/aromatic N) is 3. The molecule has 3 heterocycles. The lowest BCUT2D eigenvalue weighted by Gasteiger charge is -2.27.